The van der Waals surface area contributed by atoms with Crippen LogP contribution < -0.4 is 5.32 Å². The van der Waals surface area contributed by atoms with E-state index in [-0.39, 0.29) is 0 Å². The average Bonchev–Trinajstić information content (AvgIpc) is 2.50. The molecule has 0 aliphatic rings. The van der Waals surface area contributed by atoms with Gasteiger partial charge in [-0.15, -0.1) is 0 Å². The lowest BCUT2D eigenvalue weighted by Gasteiger charge is -2.14. The zero-order chi connectivity index (χ0) is 17.0. The monoisotopic (exact) mass is 376 g/mol. The number of benzene rings is 1. The highest BCUT2D eigenvalue weighted by atomic mass is 79.9. The fourth-order valence-corrected chi connectivity index (χ4v) is 2.42. The van der Waals surface area contributed by atoms with Crippen LogP contribution in [0.1, 0.15) is 28.5 Å². The predicted molar refractivity (Wildman–Crippen MR) is 91.4 cm³/mol. The smallest absolute Gasteiger partial charge is 0.340 e. The molecule has 0 aliphatic heterocycles. The lowest BCUT2D eigenvalue weighted by Crippen LogP contribution is -2.30. The van der Waals surface area contributed by atoms with Crippen molar-refractivity contribution >= 4 is 33.5 Å². The predicted octanol–water partition coefficient (Wildman–Crippen LogP) is 3.64. The third kappa shape index (κ3) is 4.63. The Labute approximate surface area is 143 Å². The molecule has 0 bridgehead atoms. The summed E-state index contributed by atoms with van der Waals surface area (Å²) in [5.74, 6) is -0.980. The van der Waals surface area contributed by atoms with Crippen molar-refractivity contribution in [1.82, 2.24) is 4.98 Å². The van der Waals surface area contributed by atoms with Gasteiger partial charge in [-0.05, 0) is 66.5 Å². The molecule has 1 aromatic carbocycles. The number of carbonyl (C=O) groups excluding carboxylic acids is 2. The Balaban J connectivity index is 1.99. The molecule has 0 saturated carbocycles. The van der Waals surface area contributed by atoms with E-state index in [1.807, 2.05) is 26.0 Å². The Kier molecular flexibility index (Phi) is 5.50. The molecule has 0 unspecified atom stereocenters. The summed E-state index contributed by atoms with van der Waals surface area (Å²) in [4.78, 5) is 28.2. The summed E-state index contributed by atoms with van der Waals surface area (Å²) in [7, 11) is 0. The molecular weight excluding hydrogens is 360 g/mol. The van der Waals surface area contributed by atoms with E-state index in [1.165, 1.54) is 13.1 Å². The maximum absolute atomic E-state index is 12.1. The molecule has 5 nitrogen and oxygen atoms in total. The van der Waals surface area contributed by atoms with Gasteiger partial charge in [0.2, 0.25) is 0 Å². The zero-order valence-electron chi connectivity index (χ0n) is 13.1. The average molecular weight is 377 g/mol. The van der Waals surface area contributed by atoms with E-state index in [9.17, 15) is 9.59 Å². The molecule has 2 aromatic rings. The van der Waals surface area contributed by atoms with Crippen molar-refractivity contribution in [3.05, 3.63) is 57.8 Å². The van der Waals surface area contributed by atoms with Gasteiger partial charge in [0, 0.05) is 16.4 Å². The number of rotatable bonds is 4. The van der Waals surface area contributed by atoms with Crippen LogP contribution in [0.3, 0.4) is 0 Å². The van der Waals surface area contributed by atoms with E-state index < -0.39 is 18.0 Å². The van der Waals surface area contributed by atoms with Crippen molar-refractivity contribution in [2.75, 3.05) is 5.32 Å². The van der Waals surface area contributed by atoms with Crippen LogP contribution in [0.25, 0.3) is 0 Å². The molecule has 120 valence electrons. The van der Waals surface area contributed by atoms with Crippen LogP contribution in [0.15, 0.2) is 41.0 Å². The Morgan fingerprint density at radius 3 is 2.57 bits per heavy atom. The third-order valence-corrected chi connectivity index (χ3v) is 3.84. The van der Waals surface area contributed by atoms with Crippen molar-refractivity contribution < 1.29 is 14.3 Å². The minimum Gasteiger partial charge on any atom is -0.449 e. The summed E-state index contributed by atoms with van der Waals surface area (Å²) in [5, 5.41) is 2.72. The minimum atomic E-state index is -0.919. The Morgan fingerprint density at radius 1 is 1.22 bits per heavy atom. The number of nitrogens with zero attached hydrogens (tertiary/aromatic N) is 1. The number of hydrogen-bond donors (Lipinski definition) is 1. The quantitative estimate of drug-likeness (QED) is 0.826. The first-order valence-electron chi connectivity index (χ1n) is 7.07. The second-order valence-electron chi connectivity index (χ2n) is 5.21. The van der Waals surface area contributed by atoms with Crippen molar-refractivity contribution in [2.45, 2.75) is 26.9 Å². The molecule has 0 saturated heterocycles. The number of pyridine rings is 1. The standard InChI is InChI=1S/C17H17BrN2O3/c1-10-4-7-15(14(18)8-10)20-16(21)12(3)23-17(22)13-6-5-11(2)19-9-13/h4-9,12H,1-3H3,(H,20,21)/t12-/m1/s1. The first-order chi connectivity index (χ1) is 10.9. The van der Waals surface area contributed by atoms with Gasteiger partial charge in [-0.1, -0.05) is 6.07 Å². The summed E-state index contributed by atoms with van der Waals surface area (Å²) in [6.45, 7) is 5.30. The van der Waals surface area contributed by atoms with Gasteiger partial charge in [0.1, 0.15) is 0 Å². The van der Waals surface area contributed by atoms with E-state index in [2.05, 4.69) is 26.2 Å². The van der Waals surface area contributed by atoms with Gasteiger partial charge >= 0.3 is 5.97 Å². The number of halogens is 1. The summed E-state index contributed by atoms with van der Waals surface area (Å²) in [6, 6.07) is 8.89. The van der Waals surface area contributed by atoms with E-state index in [1.54, 1.807) is 18.2 Å². The van der Waals surface area contributed by atoms with Gasteiger partial charge in [0.25, 0.3) is 5.91 Å². The second-order valence-corrected chi connectivity index (χ2v) is 6.06. The summed E-state index contributed by atoms with van der Waals surface area (Å²) >= 11 is 3.39. The first kappa shape index (κ1) is 17.1. The molecule has 23 heavy (non-hydrogen) atoms. The summed E-state index contributed by atoms with van der Waals surface area (Å²) in [5.41, 5.74) is 2.81. The van der Waals surface area contributed by atoms with Crippen LogP contribution in [0.4, 0.5) is 5.69 Å². The van der Waals surface area contributed by atoms with Crippen LogP contribution in [0.5, 0.6) is 0 Å². The van der Waals surface area contributed by atoms with Crippen molar-refractivity contribution in [3.63, 3.8) is 0 Å². The van der Waals surface area contributed by atoms with Gasteiger partial charge in [0.15, 0.2) is 6.10 Å². The molecule has 1 aromatic heterocycles. The normalized spacial score (nSPS) is 11.7. The SMILES string of the molecule is Cc1ccc(NC(=O)[C@@H](C)OC(=O)c2ccc(C)nc2)c(Br)c1. The molecule has 0 radical (unpaired) electrons. The van der Waals surface area contributed by atoms with E-state index in [4.69, 9.17) is 4.74 Å². The van der Waals surface area contributed by atoms with Gasteiger partial charge in [-0.2, -0.15) is 0 Å². The van der Waals surface area contributed by atoms with Crippen molar-refractivity contribution in [1.29, 1.82) is 0 Å². The van der Waals surface area contributed by atoms with Crippen LogP contribution in [0.2, 0.25) is 0 Å². The number of hydrogen-bond acceptors (Lipinski definition) is 4. The van der Waals surface area contributed by atoms with Gasteiger partial charge in [-0.3, -0.25) is 9.78 Å². The Hall–Kier alpha value is -2.21. The summed E-state index contributed by atoms with van der Waals surface area (Å²) < 4.78 is 5.94. The minimum absolute atomic E-state index is 0.312. The van der Waals surface area contributed by atoms with Gasteiger partial charge < -0.3 is 10.1 Å². The lowest BCUT2D eigenvalue weighted by atomic mass is 10.2. The van der Waals surface area contributed by atoms with E-state index >= 15 is 0 Å². The van der Waals surface area contributed by atoms with Gasteiger partial charge in [0.05, 0.1) is 11.3 Å². The van der Waals surface area contributed by atoms with Crippen LogP contribution in [0, 0.1) is 13.8 Å². The number of esters is 1. The van der Waals surface area contributed by atoms with Gasteiger partial charge in [-0.25, -0.2) is 4.79 Å². The number of anilines is 1. The molecule has 1 atom stereocenters. The van der Waals surface area contributed by atoms with Crippen LogP contribution in [-0.4, -0.2) is 23.0 Å². The fraction of sp³-hybridized carbons (Fsp3) is 0.235. The first-order valence-corrected chi connectivity index (χ1v) is 7.87. The molecule has 1 amide bonds. The number of nitrogens with one attached hydrogen (secondary N) is 1. The van der Waals surface area contributed by atoms with E-state index in [0.717, 1.165) is 15.7 Å². The number of amides is 1. The fourth-order valence-electron chi connectivity index (χ4n) is 1.83. The second kappa shape index (κ2) is 7.37. The molecule has 0 fully saturated rings. The molecule has 1 heterocycles. The highest BCUT2D eigenvalue weighted by molar-refractivity contribution is 9.10. The highest BCUT2D eigenvalue weighted by Gasteiger charge is 2.19. The molecular formula is C17H17BrN2O3. The zero-order valence-corrected chi connectivity index (χ0v) is 14.7. The van der Waals surface area contributed by atoms with Crippen LogP contribution in [-0.2, 0) is 9.53 Å². The van der Waals surface area contributed by atoms with Crippen molar-refractivity contribution in [3.8, 4) is 0 Å². The highest BCUT2D eigenvalue weighted by Crippen LogP contribution is 2.23. The number of aryl methyl sites for hydroxylation is 2. The van der Waals surface area contributed by atoms with Crippen LogP contribution >= 0.6 is 15.9 Å². The third-order valence-electron chi connectivity index (χ3n) is 3.18. The number of carbonyl (C=O) groups is 2. The summed E-state index contributed by atoms with van der Waals surface area (Å²) in [6.07, 6.45) is 0.510. The molecule has 2 rings (SSSR count). The Morgan fingerprint density at radius 2 is 1.96 bits per heavy atom. The number of ether oxygens (including phenoxy) is 1. The maximum Gasteiger partial charge on any atom is 0.340 e. The molecule has 0 spiro atoms. The largest absolute Gasteiger partial charge is 0.449 e. The molecule has 0 aliphatic carbocycles. The lowest BCUT2D eigenvalue weighted by molar-refractivity contribution is -0.123. The molecule has 1 N–H and O–H groups in total. The van der Waals surface area contributed by atoms with E-state index in [0.29, 0.717) is 11.3 Å². The van der Waals surface area contributed by atoms with Crippen molar-refractivity contribution in [2.24, 2.45) is 0 Å². The topological polar surface area (TPSA) is 68.3 Å². The maximum atomic E-state index is 12.1. The molecule has 6 heteroatoms. The number of aromatic nitrogens is 1. The Bertz CT molecular complexity index is 729.